The molecule has 0 saturated carbocycles. The first-order chi connectivity index (χ1) is 12.5. The van der Waals surface area contributed by atoms with Crippen LogP contribution in [0.4, 0.5) is 5.69 Å². The number of aryl methyl sites for hydroxylation is 1. The second-order valence-corrected chi connectivity index (χ2v) is 6.36. The van der Waals surface area contributed by atoms with Gasteiger partial charge in [-0.3, -0.25) is 14.4 Å². The van der Waals surface area contributed by atoms with E-state index in [4.69, 9.17) is 0 Å². The minimum atomic E-state index is -0.221. The second-order valence-electron chi connectivity index (χ2n) is 6.36. The molecule has 6 nitrogen and oxygen atoms in total. The van der Waals surface area contributed by atoms with Crippen molar-refractivity contribution in [3.63, 3.8) is 0 Å². The molecule has 3 amide bonds. The maximum Gasteiger partial charge on any atom is 0.255 e. The first-order valence-corrected chi connectivity index (χ1v) is 8.57. The molecule has 1 fully saturated rings. The summed E-state index contributed by atoms with van der Waals surface area (Å²) in [6.45, 7) is 2.31. The number of anilines is 1. The molecule has 0 bridgehead atoms. The van der Waals surface area contributed by atoms with Crippen LogP contribution in [-0.2, 0) is 4.79 Å². The van der Waals surface area contributed by atoms with Crippen molar-refractivity contribution < 1.29 is 14.4 Å². The van der Waals surface area contributed by atoms with Gasteiger partial charge in [0.1, 0.15) is 0 Å². The molecule has 3 N–H and O–H groups in total. The van der Waals surface area contributed by atoms with Gasteiger partial charge in [0.15, 0.2) is 0 Å². The van der Waals surface area contributed by atoms with E-state index in [1.807, 2.05) is 13.0 Å². The zero-order valence-corrected chi connectivity index (χ0v) is 14.5. The fourth-order valence-electron chi connectivity index (χ4n) is 2.81. The molecule has 1 aliphatic heterocycles. The van der Waals surface area contributed by atoms with Crippen LogP contribution in [0.25, 0.3) is 0 Å². The normalized spacial score (nSPS) is 16.5. The third-order valence-electron chi connectivity index (χ3n) is 4.38. The average molecular weight is 351 g/mol. The number of carbonyl (C=O) groups is 3. The molecule has 26 heavy (non-hydrogen) atoms. The van der Waals surface area contributed by atoms with Crippen molar-refractivity contribution in [2.75, 3.05) is 11.9 Å². The summed E-state index contributed by atoms with van der Waals surface area (Å²) in [5.74, 6) is -0.431. The number of hydrogen-bond acceptors (Lipinski definition) is 3. The van der Waals surface area contributed by atoms with Gasteiger partial charge in [0.05, 0.1) is 0 Å². The van der Waals surface area contributed by atoms with Crippen LogP contribution >= 0.6 is 0 Å². The van der Waals surface area contributed by atoms with Crippen molar-refractivity contribution in [2.45, 2.75) is 25.8 Å². The largest absolute Gasteiger partial charge is 0.354 e. The van der Waals surface area contributed by atoms with E-state index in [1.165, 1.54) is 0 Å². The molecule has 1 unspecified atom stereocenters. The van der Waals surface area contributed by atoms with Crippen LogP contribution in [-0.4, -0.2) is 30.3 Å². The lowest BCUT2D eigenvalue weighted by Crippen LogP contribution is -2.47. The van der Waals surface area contributed by atoms with Gasteiger partial charge < -0.3 is 16.0 Å². The Bertz CT molecular complexity index is 823. The van der Waals surface area contributed by atoms with Crippen molar-refractivity contribution in [3.05, 3.63) is 65.2 Å². The summed E-state index contributed by atoms with van der Waals surface area (Å²) in [6.07, 6.45) is 1.04. The molecule has 0 aromatic heterocycles. The van der Waals surface area contributed by atoms with Crippen molar-refractivity contribution in [1.82, 2.24) is 10.6 Å². The molecule has 134 valence electrons. The van der Waals surface area contributed by atoms with Crippen LogP contribution < -0.4 is 16.0 Å². The van der Waals surface area contributed by atoms with Gasteiger partial charge >= 0.3 is 0 Å². The fraction of sp³-hybridized carbons (Fsp3) is 0.250. The van der Waals surface area contributed by atoms with Gasteiger partial charge in [-0.25, -0.2) is 0 Å². The molecule has 1 atom stereocenters. The van der Waals surface area contributed by atoms with Gasteiger partial charge in [-0.2, -0.15) is 0 Å². The highest BCUT2D eigenvalue weighted by atomic mass is 16.2. The zero-order chi connectivity index (χ0) is 18.5. The van der Waals surface area contributed by atoms with Gasteiger partial charge in [0.25, 0.3) is 11.8 Å². The molecule has 6 heteroatoms. The minimum absolute atomic E-state index is 0.0109. The smallest absolute Gasteiger partial charge is 0.255 e. The molecule has 1 saturated heterocycles. The summed E-state index contributed by atoms with van der Waals surface area (Å²) in [4.78, 5) is 36.0. The van der Waals surface area contributed by atoms with Gasteiger partial charge in [-0.05, 0) is 43.2 Å². The number of benzene rings is 2. The molecule has 2 aromatic carbocycles. The summed E-state index contributed by atoms with van der Waals surface area (Å²) >= 11 is 0. The number of nitrogens with one attached hydrogen (secondary N) is 3. The third-order valence-corrected chi connectivity index (χ3v) is 4.38. The molecule has 3 rings (SSSR count). The Morgan fingerprint density at radius 2 is 1.81 bits per heavy atom. The number of amides is 3. The minimum Gasteiger partial charge on any atom is -0.354 e. The monoisotopic (exact) mass is 351 g/mol. The summed E-state index contributed by atoms with van der Waals surface area (Å²) in [5, 5.41) is 8.52. The van der Waals surface area contributed by atoms with Crippen molar-refractivity contribution >= 4 is 23.4 Å². The molecule has 1 aliphatic rings. The number of carbonyl (C=O) groups excluding carboxylic acids is 3. The topological polar surface area (TPSA) is 87.3 Å². The molecular weight excluding hydrogens is 330 g/mol. The van der Waals surface area contributed by atoms with Gasteiger partial charge in [0.2, 0.25) is 5.91 Å². The Balaban J connectivity index is 1.69. The Kier molecular flexibility index (Phi) is 5.31. The van der Waals surface area contributed by atoms with E-state index in [-0.39, 0.29) is 23.8 Å². The number of rotatable bonds is 4. The molecule has 2 aromatic rings. The van der Waals surface area contributed by atoms with Crippen LogP contribution in [0.1, 0.15) is 39.1 Å². The van der Waals surface area contributed by atoms with Crippen LogP contribution in [0, 0.1) is 6.92 Å². The maximum absolute atomic E-state index is 12.5. The van der Waals surface area contributed by atoms with Gasteiger partial charge in [0, 0.05) is 35.8 Å². The van der Waals surface area contributed by atoms with Crippen molar-refractivity contribution in [2.24, 2.45) is 0 Å². The van der Waals surface area contributed by atoms with E-state index >= 15 is 0 Å². The first-order valence-electron chi connectivity index (χ1n) is 8.57. The summed E-state index contributed by atoms with van der Waals surface area (Å²) < 4.78 is 0. The Morgan fingerprint density at radius 1 is 1.04 bits per heavy atom. The molecule has 0 spiro atoms. The van der Waals surface area contributed by atoms with E-state index in [9.17, 15) is 14.4 Å². The average Bonchev–Trinajstić information content (AvgIpc) is 2.66. The third kappa shape index (κ3) is 4.27. The lowest BCUT2D eigenvalue weighted by atomic mass is 10.1. The first kappa shape index (κ1) is 17.7. The highest BCUT2D eigenvalue weighted by molar-refractivity contribution is 6.05. The van der Waals surface area contributed by atoms with E-state index < -0.39 is 0 Å². The lowest BCUT2D eigenvalue weighted by molar-refractivity contribution is -0.122. The van der Waals surface area contributed by atoms with E-state index in [0.717, 1.165) is 5.56 Å². The summed E-state index contributed by atoms with van der Waals surface area (Å²) in [5.41, 5.74) is 2.50. The fourth-order valence-corrected chi connectivity index (χ4v) is 2.81. The SMILES string of the molecule is Cc1ccc(C(=O)NC2CCC(=O)NC2)cc1NC(=O)c1ccccc1. The predicted molar refractivity (Wildman–Crippen MR) is 99.1 cm³/mol. The molecule has 1 heterocycles. The van der Waals surface area contributed by atoms with E-state index in [0.29, 0.717) is 36.2 Å². The van der Waals surface area contributed by atoms with Crippen LogP contribution in [0.3, 0.4) is 0 Å². The highest BCUT2D eigenvalue weighted by Gasteiger charge is 2.20. The van der Waals surface area contributed by atoms with E-state index in [1.54, 1.807) is 42.5 Å². The molecule has 0 aliphatic carbocycles. The highest BCUT2D eigenvalue weighted by Crippen LogP contribution is 2.18. The second kappa shape index (κ2) is 7.82. The summed E-state index contributed by atoms with van der Waals surface area (Å²) in [7, 11) is 0. The molecule has 0 radical (unpaired) electrons. The van der Waals surface area contributed by atoms with Crippen molar-refractivity contribution in [1.29, 1.82) is 0 Å². The standard InChI is InChI=1S/C20H21N3O3/c1-13-7-8-15(20(26)22-16-9-10-18(24)21-12-16)11-17(13)23-19(25)14-5-3-2-4-6-14/h2-8,11,16H,9-10,12H2,1H3,(H,21,24)(H,22,26)(H,23,25). The van der Waals surface area contributed by atoms with Gasteiger partial charge in [-0.1, -0.05) is 24.3 Å². The van der Waals surface area contributed by atoms with Gasteiger partial charge in [-0.15, -0.1) is 0 Å². The summed E-state index contributed by atoms with van der Waals surface area (Å²) in [6, 6.07) is 14.0. The number of piperidine rings is 1. The van der Waals surface area contributed by atoms with Crippen LogP contribution in [0.15, 0.2) is 48.5 Å². The Labute approximate surface area is 152 Å². The number of hydrogen-bond donors (Lipinski definition) is 3. The van der Waals surface area contributed by atoms with Crippen LogP contribution in [0.5, 0.6) is 0 Å². The van der Waals surface area contributed by atoms with E-state index in [2.05, 4.69) is 16.0 Å². The maximum atomic E-state index is 12.5. The zero-order valence-electron chi connectivity index (χ0n) is 14.5. The Hall–Kier alpha value is -3.15. The van der Waals surface area contributed by atoms with Crippen molar-refractivity contribution in [3.8, 4) is 0 Å². The quantitative estimate of drug-likeness (QED) is 0.789. The predicted octanol–water partition coefficient (Wildman–Crippen LogP) is 2.26. The lowest BCUT2D eigenvalue weighted by Gasteiger charge is -2.23. The Morgan fingerprint density at radius 3 is 2.50 bits per heavy atom. The molecular formula is C20H21N3O3. The van der Waals surface area contributed by atoms with Crippen LogP contribution in [0.2, 0.25) is 0 Å².